The van der Waals surface area contributed by atoms with Crippen molar-refractivity contribution < 1.29 is 18.1 Å². The van der Waals surface area contributed by atoms with E-state index in [9.17, 15) is 23.3 Å². The number of non-ortho nitro benzene ring substituents is 1. The molecular formula is C17H20F3N5O2S. The van der Waals surface area contributed by atoms with Gasteiger partial charge in [-0.15, -0.1) is 11.3 Å². The summed E-state index contributed by atoms with van der Waals surface area (Å²) in [5.74, 6) is 0.485. The Balaban J connectivity index is 1.67. The summed E-state index contributed by atoms with van der Waals surface area (Å²) in [4.78, 5) is 17.8. The average molecular weight is 415 g/mol. The molecule has 7 nitrogen and oxygen atoms in total. The second-order valence-electron chi connectivity index (χ2n) is 5.86. The van der Waals surface area contributed by atoms with Crippen LogP contribution in [0.5, 0.6) is 0 Å². The molecule has 0 aliphatic rings. The first kappa shape index (κ1) is 21.6. The molecule has 0 aliphatic heterocycles. The zero-order chi connectivity index (χ0) is 20.6. The van der Waals surface area contributed by atoms with Crippen molar-refractivity contribution in [2.75, 3.05) is 13.6 Å². The average Bonchev–Trinajstić information content (AvgIpc) is 3.14. The van der Waals surface area contributed by atoms with Gasteiger partial charge in [0.2, 0.25) is 0 Å². The fourth-order valence-electron chi connectivity index (χ4n) is 2.35. The van der Waals surface area contributed by atoms with E-state index in [4.69, 9.17) is 0 Å². The van der Waals surface area contributed by atoms with E-state index in [1.807, 2.05) is 0 Å². The molecule has 1 aromatic heterocycles. The van der Waals surface area contributed by atoms with Crippen molar-refractivity contribution in [3.05, 3.63) is 56.0 Å². The highest BCUT2D eigenvalue weighted by molar-refractivity contribution is 7.09. The maximum Gasteiger partial charge on any atom is 0.434 e. The minimum absolute atomic E-state index is 0.0721. The van der Waals surface area contributed by atoms with Gasteiger partial charge in [-0.1, -0.05) is 12.1 Å². The molecule has 1 aromatic carbocycles. The van der Waals surface area contributed by atoms with Gasteiger partial charge in [0.05, 0.1) is 11.5 Å². The Labute approximate surface area is 163 Å². The first-order chi connectivity index (χ1) is 13.3. The molecule has 0 spiro atoms. The number of nitrogens with one attached hydrogen (secondary N) is 2. The number of thiazole rings is 1. The van der Waals surface area contributed by atoms with Crippen molar-refractivity contribution in [3.63, 3.8) is 0 Å². The number of aryl methyl sites for hydroxylation is 1. The third-order valence-corrected chi connectivity index (χ3v) is 4.65. The number of rotatable bonds is 8. The fraction of sp³-hybridized carbons (Fsp3) is 0.412. The van der Waals surface area contributed by atoms with Crippen molar-refractivity contribution in [3.8, 4) is 0 Å². The number of nitro groups is 1. The largest absolute Gasteiger partial charge is 0.434 e. The van der Waals surface area contributed by atoms with Crippen LogP contribution in [0.4, 0.5) is 18.9 Å². The summed E-state index contributed by atoms with van der Waals surface area (Å²) in [6.45, 7) is 0.793. The number of guanidine groups is 1. The molecule has 1 heterocycles. The van der Waals surface area contributed by atoms with Crippen LogP contribution in [0.15, 0.2) is 34.6 Å². The van der Waals surface area contributed by atoms with E-state index < -0.39 is 16.8 Å². The van der Waals surface area contributed by atoms with Crippen LogP contribution >= 0.6 is 11.3 Å². The summed E-state index contributed by atoms with van der Waals surface area (Å²) in [5.41, 5.74) is 0.212. The molecule has 2 rings (SSSR count). The molecule has 0 bridgehead atoms. The van der Waals surface area contributed by atoms with Gasteiger partial charge in [-0.3, -0.25) is 15.1 Å². The lowest BCUT2D eigenvalue weighted by molar-refractivity contribution is -0.384. The molecule has 0 radical (unpaired) electrons. The number of aliphatic imine (C=N–C) groups is 1. The number of unbranched alkanes of at least 4 members (excludes halogenated alkanes) is 1. The molecule has 0 aliphatic carbocycles. The molecule has 152 valence electrons. The van der Waals surface area contributed by atoms with Gasteiger partial charge >= 0.3 is 6.18 Å². The molecule has 11 heteroatoms. The molecule has 28 heavy (non-hydrogen) atoms. The number of nitrogens with zero attached hydrogens (tertiary/aromatic N) is 3. The Morgan fingerprint density at radius 3 is 2.54 bits per heavy atom. The Morgan fingerprint density at radius 1 is 1.25 bits per heavy atom. The highest BCUT2D eigenvalue weighted by Gasteiger charge is 2.33. The number of hydrogen-bond acceptors (Lipinski definition) is 5. The first-order valence-electron chi connectivity index (χ1n) is 8.49. The Kier molecular flexibility index (Phi) is 7.73. The van der Waals surface area contributed by atoms with Gasteiger partial charge in [0, 0.05) is 31.1 Å². The molecule has 0 amide bonds. The highest BCUT2D eigenvalue weighted by Crippen LogP contribution is 2.29. The lowest BCUT2D eigenvalue weighted by atomic mass is 10.1. The van der Waals surface area contributed by atoms with Gasteiger partial charge in [-0.2, -0.15) is 13.2 Å². The summed E-state index contributed by atoms with van der Waals surface area (Å²) in [5, 5.41) is 18.0. The molecule has 0 unspecified atom stereocenters. The monoisotopic (exact) mass is 415 g/mol. The number of alkyl halides is 3. The quantitative estimate of drug-likeness (QED) is 0.225. The van der Waals surface area contributed by atoms with E-state index in [1.54, 1.807) is 19.2 Å². The predicted octanol–water partition coefficient (Wildman–Crippen LogP) is 3.76. The summed E-state index contributed by atoms with van der Waals surface area (Å²) in [6.07, 6.45) is -1.92. The number of aromatic nitrogens is 1. The summed E-state index contributed by atoms with van der Waals surface area (Å²) in [6, 6.07) is 6.47. The normalized spacial score (nSPS) is 12.1. The number of halogens is 3. The molecule has 0 fully saturated rings. The number of hydrogen-bond donors (Lipinski definition) is 2. The highest BCUT2D eigenvalue weighted by atomic mass is 32.1. The van der Waals surface area contributed by atoms with E-state index >= 15 is 0 Å². The lowest BCUT2D eigenvalue weighted by Gasteiger charge is -2.10. The molecule has 0 atom stereocenters. The third kappa shape index (κ3) is 6.80. The van der Waals surface area contributed by atoms with Crippen LogP contribution in [0, 0.1) is 10.1 Å². The lowest BCUT2D eigenvalue weighted by Crippen LogP contribution is -2.37. The van der Waals surface area contributed by atoms with Crippen LogP contribution in [0.2, 0.25) is 0 Å². The first-order valence-corrected chi connectivity index (χ1v) is 9.37. The van der Waals surface area contributed by atoms with E-state index in [1.165, 1.54) is 12.1 Å². The van der Waals surface area contributed by atoms with Crippen LogP contribution in [0.3, 0.4) is 0 Å². The summed E-state index contributed by atoms with van der Waals surface area (Å²) >= 11 is 0.943. The molecule has 2 aromatic rings. The minimum atomic E-state index is -4.43. The van der Waals surface area contributed by atoms with Crippen molar-refractivity contribution in [1.29, 1.82) is 0 Å². The van der Waals surface area contributed by atoms with E-state index in [2.05, 4.69) is 20.6 Å². The maximum absolute atomic E-state index is 12.5. The number of benzene rings is 1. The van der Waals surface area contributed by atoms with Crippen LogP contribution in [-0.4, -0.2) is 29.5 Å². The van der Waals surface area contributed by atoms with Crippen molar-refractivity contribution >= 4 is 23.0 Å². The second-order valence-corrected chi connectivity index (χ2v) is 6.80. The molecule has 0 saturated heterocycles. The van der Waals surface area contributed by atoms with Crippen molar-refractivity contribution in [1.82, 2.24) is 15.6 Å². The summed E-state index contributed by atoms with van der Waals surface area (Å²) < 4.78 is 37.6. The third-order valence-electron chi connectivity index (χ3n) is 3.80. The number of nitro benzene ring substituents is 1. The van der Waals surface area contributed by atoms with Crippen LogP contribution < -0.4 is 10.6 Å². The molecular weight excluding hydrogens is 395 g/mol. The SMILES string of the molecule is CN=C(NCCCCc1ccc([N+](=O)[O-])cc1)NCc1nc(C(F)(F)F)cs1. The van der Waals surface area contributed by atoms with E-state index in [0.717, 1.165) is 41.5 Å². The predicted molar refractivity (Wildman–Crippen MR) is 101 cm³/mol. The Morgan fingerprint density at radius 2 is 1.96 bits per heavy atom. The van der Waals surface area contributed by atoms with Gasteiger partial charge in [-0.05, 0) is 24.8 Å². The van der Waals surface area contributed by atoms with Gasteiger partial charge in [0.1, 0.15) is 5.01 Å². The van der Waals surface area contributed by atoms with Gasteiger partial charge in [0.25, 0.3) is 5.69 Å². The van der Waals surface area contributed by atoms with Gasteiger partial charge in [-0.25, -0.2) is 4.98 Å². The smallest absolute Gasteiger partial charge is 0.356 e. The van der Waals surface area contributed by atoms with Crippen LogP contribution in [0.1, 0.15) is 29.1 Å². The zero-order valence-corrected chi connectivity index (χ0v) is 15.9. The summed E-state index contributed by atoms with van der Waals surface area (Å²) in [7, 11) is 1.58. The van der Waals surface area contributed by atoms with Gasteiger partial charge < -0.3 is 10.6 Å². The van der Waals surface area contributed by atoms with Gasteiger partial charge in [0.15, 0.2) is 11.7 Å². The van der Waals surface area contributed by atoms with Crippen molar-refractivity contribution in [2.45, 2.75) is 32.0 Å². The maximum atomic E-state index is 12.5. The molecule has 0 saturated carbocycles. The Hall–Kier alpha value is -2.69. The Bertz CT molecular complexity index is 806. The topological polar surface area (TPSA) is 92.5 Å². The van der Waals surface area contributed by atoms with E-state index in [-0.39, 0.29) is 12.2 Å². The second kappa shape index (κ2) is 10.0. The fourth-order valence-corrected chi connectivity index (χ4v) is 3.09. The minimum Gasteiger partial charge on any atom is -0.356 e. The zero-order valence-electron chi connectivity index (χ0n) is 15.1. The van der Waals surface area contributed by atoms with Crippen molar-refractivity contribution in [2.24, 2.45) is 4.99 Å². The van der Waals surface area contributed by atoms with E-state index in [0.29, 0.717) is 17.5 Å². The van der Waals surface area contributed by atoms with Crippen LogP contribution in [0.25, 0.3) is 0 Å². The standard InChI is InChI=1S/C17H20F3N5O2S/c1-21-16(23-10-15-24-14(11-28-15)17(18,19)20)22-9-3-2-4-12-5-7-13(8-6-12)25(26)27/h5-8,11H,2-4,9-10H2,1H3,(H2,21,22,23). The van der Waals surface area contributed by atoms with Crippen LogP contribution in [-0.2, 0) is 19.1 Å². The molecule has 2 N–H and O–H groups in total.